The lowest BCUT2D eigenvalue weighted by Gasteiger charge is -2.14. The van der Waals surface area contributed by atoms with E-state index in [4.69, 9.17) is 21.4 Å². The van der Waals surface area contributed by atoms with Gasteiger partial charge in [-0.25, -0.2) is 0 Å². The van der Waals surface area contributed by atoms with Crippen molar-refractivity contribution in [3.8, 4) is 5.75 Å². The Morgan fingerprint density at radius 3 is 2.78 bits per heavy atom. The summed E-state index contributed by atoms with van der Waals surface area (Å²) < 4.78 is 5.84. The van der Waals surface area contributed by atoms with E-state index in [0.717, 1.165) is 6.42 Å². The monoisotopic (exact) mass is 339 g/mol. The van der Waals surface area contributed by atoms with Gasteiger partial charge in [0.05, 0.1) is 5.02 Å². The van der Waals surface area contributed by atoms with Crippen LogP contribution in [0.4, 0.5) is 0 Å². The molecule has 0 saturated carbocycles. The highest BCUT2D eigenvalue weighted by atomic mass is 35.5. The van der Waals surface area contributed by atoms with E-state index < -0.39 is 12.0 Å². The summed E-state index contributed by atoms with van der Waals surface area (Å²) in [5, 5.41) is 12.5. The van der Waals surface area contributed by atoms with Gasteiger partial charge >= 0.3 is 5.97 Å². The zero-order valence-electron chi connectivity index (χ0n) is 13.7. The highest BCUT2D eigenvalue weighted by Crippen LogP contribution is 2.28. The maximum atomic E-state index is 10.9. The molecular weight excluding hydrogens is 314 g/mol. The number of ether oxygens (including phenoxy) is 1. The number of rotatable bonds is 9. The Morgan fingerprint density at radius 1 is 1.35 bits per heavy atom. The van der Waals surface area contributed by atoms with E-state index >= 15 is 0 Å². The van der Waals surface area contributed by atoms with Crippen LogP contribution in [0, 0.1) is 0 Å². The number of aliphatic carboxylic acids is 1. The van der Waals surface area contributed by atoms with E-state index in [1.165, 1.54) is 37.7 Å². The Morgan fingerprint density at radius 2 is 2.13 bits per heavy atom. The number of carbonyl (C=O) groups is 1. The number of unbranched alkanes of at least 4 members (excludes halogenated alkanes) is 4. The second-order valence-corrected chi connectivity index (χ2v) is 6.61. The van der Waals surface area contributed by atoms with Gasteiger partial charge in [0.25, 0.3) is 0 Å². The van der Waals surface area contributed by atoms with Crippen molar-refractivity contribution < 1.29 is 14.6 Å². The van der Waals surface area contributed by atoms with Crippen molar-refractivity contribution in [2.75, 3.05) is 6.54 Å². The second-order valence-electron chi connectivity index (χ2n) is 6.20. The van der Waals surface area contributed by atoms with Gasteiger partial charge in [-0.15, -0.1) is 0 Å². The topological polar surface area (TPSA) is 58.6 Å². The van der Waals surface area contributed by atoms with Crippen molar-refractivity contribution in [2.24, 2.45) is 0 Å². The number of nitrogens with one attached hydrogen (secondary N) is 1. The first-order valence-electron chi connectivity index (χ1n) is 8.51. The summed E-state index contributed by atoms with van der Waals surface area (Å²) >= 11 is 6.31. The molecule has 1 saturated heterocycles. The zero-order valence-corrected chi connectivity index (χ0v) is 14.4. The lowest BCUT2D eigenvalue weighted by Crippen LogP contribution is -2.30. The van der Waals surface area contributed by atoms with Gasteiger partial charge in [-0.3, -0.25) is 4.79 Å². The van der Waals surface area contributed by atoms with Crippen LogP contribution in [0.1, 0.15) is 51.0 Å². The highest BCUT2D eigenvalue weighted by molar-refractivity contribution is 6.32. The summed E-state index contributed by atoms with van der Waals surface area (Å²) in [6.45, 7) is 2.75. The molecule has 0 unspecified atom stereocenters. The van der Waals surface area contributed by atoms with Crippen LogP contribution in [0.2, 0.25) is 5.02 Å². The van der Waals surface area contributed by atoms with E-state index in [1.807, 2.05) is 12.1 Å². The molecule has 1 aromatic rings. The van der Waals surface area contributed by atoms with Crippen molar-refractivity contribution in [1.29, 1.82) is 0 Å². The smallest absolute Gasteiger partial charge is 0.320 e. The summed E-state index contributed by atoms with van der Waals surface area (Å²) in [5.41, 5.74) is 1.23. The third-order valence-corrected chi connectivity index (χ3v) is 4.54. The van der Waals surface area contributed by atoms with Crippen molar-refractivity contribution in [1.82, 2.24) is 5.32 Å². The number of carboxylic acids is 1. The van der Waals surface area contributed by atoms with Gasteiger partial charge in [0, 0.05) is 13.0 Å². The highest BCUT2D eigenvalue weighted by Gasteiger charge is 2.30. The minimum atomic E-state index is -0.833. The van der Waals surface area contributed by atoms with Crippen LogP contribution in [0.5, 0.6) is 5.75 Å². The quantitative estimate of drug-likeness (QED) is 0.666. The molecule has 1 aromatic carbocycles. The number of aryl methyl sites for hydroxylation is 1. The van der Waals surface area contributed by atoms with E-state index in [-0.39, 0.29) is 6.10 Å². The molecule has 0 radical (unpaired) electrons. The maximum Gasteiger partial charge on any atom is 0.320 e. The van der Waals surface area contributed by atoms with Crippen LogP contribution >= 0.6 is 11.6 Å². The predicted molar refractivity (Wildman–Crippen MR) is 92.4 cm³/mol. The average molecular weight is 340 g/mol. The fraction of sp³-hybridized carbons (Fsp3) is 0.611. The molecule has 0 bridgehead atoms. The molecule has 23 heavy (non-hydrogen) atoms. The van der Waals surface area contributed by atoms with Crippen molar-refractivity contribution in [3.05, 3.63) is 28.8 Å². The molecule has 0 spiro atoms. The van der Waals surface area contributed by atoms with Crippen molar-refractivity contribution in [2.45, 2.75) is 64.0 Å². The van der Waals surface area contributed by atoms with Gasteiger partial charge in [-0.2, -0.15) is 0 Å². The Labute approximate surface area is 143 Å². The molecule has 1 fully saturated rings. The first kappa shape index (κ1) is 18.1. The molecule has 4 nitrogen and oxygen atoms in total. The molecule has 2 atom stereocenters. The minimum absolute atomic E-state index is 0.145. The summed E-state index contributed by atoms with van der Waals surface area (Å²) in [6.07, 6.45) is 7.66. The molecule has 5 heteroatoms. The van der Waals surface area contributed by atoms with Gasteiger partial charge in [-0.1, -0.05) is 50.3 Å². The van der Waals surface area contributed by atoms with Gasteiger partial charge in [0.2, 0.25) is 0 Å². The lowest BCUT2D eigenvalue weighted by atomic mass is 10.1. The maximum absolute atomic E-state index is 10.9. The Hall–Kier alpha value is -1.26. The molecule has 0 amide bonds. The van der Waals surface area contributed by atoms with Crippen molar-refractivity contribution in [3.63, 3.8) is 0 Å². The molecular formula is C18H26ClNO3. The summed E-state index contributed by atoms with van der Waals surface area (Å²) in [7, 11) is 0. The third-order valence-electron chi connectivity index (χ3n) is 4.25. The number of hydrogen-bond donors (Lipinski definition) is 2. The molecule has 1 heterocycles. The SMILES string of the molecule is CCCCCCCc1ccc(O[C@H]2CN[C@@H](C(=O)O)C2)c(Cl)c1. The van der Waals surface area contributed by atoms with Crippen molar-refractivity contribution >= 4 is 17.6 Å². The zero-order chi connectivity index (χ0) is 16.7. The Balaban J connectivity index is 1.81. The minimum Gasteiger partial charge on any atom is -0.487 e. The van der Waals surface area contributed by atoms with Crippen LogP contribution in [-0.2, 0) is 11.2 Å². The summed E-state index contributed by atoms with van der Waals surface area (Å²) in [6, 6.07) is 5.39. The van der Waals surface area contributed by atoms with Crippen LogP contribution in [0.15, 0.2) is 18.2 Å². The van der Waals surface area contributed by atoms with Crippen LogP contribution in [0.3, 0.4) is 0 Å². The van der Waals surface area contributed by atoms with Crippen LogP contribution in [-0.4, -0.2) is 29.8 Å². The normalized spacial score (nSPS) is 20.6. The van der Waals surface area contributed by atoms with E-state index in [9.17, 15) is 4.79 Å². The molecule has 2 N–H and O–H groups in total. The molecule has 1 aliphatic heterocycles. The summed E-state index contributed by atoms with van der Waals surface area (Å²) in [5.74, 6) is -0.195. The molecule has 128 valence electrons. The van der Waals surface area contributed by atoms with Gasteiger partial charge < -0.3 is 15.2 Å². The van der Waals surface area contributed by atoms with E-state index in [1.54, 1.807) is 0 Å². The first-order valence-corrected chi connectivity index (χ1v) is 8.89. The van der Waals surface area contributed by atoms with Gasteiger partial charge in [0.1, 0.15) is 17.9 Å². The Kier molecular flexibility index (Phi) is 7.18. The van der Waals surface area contributed by atoms with Gasteiger partial charge in [-0.05, 0) is 30.5 Å². The van der Waals surface area contributed by atoms with E-state index in [2.05, 4.69) is 18.3 Å². The van der Waals surface area contributed by atoms with Crippen LogP contribution < -0.4 is 10.1 Å². The fourth-order valence-corrected chi connectivity index (χ4v) is 3.14. The number of halogens is 1. The van der Waals surface area contributed by atoms with Crippen LogP contribution in [0.25, 0.3) is 0 Å². The standard InChI is InChI=1S/C18H26ClNO3/c1-2-3-4-5-6-7-13-8-9-17(15(19)10-13)23-14-11-16(18(21)22)20-12-14/h8-10,14,16,20H,2-7,11-12H2,1H3,(H,21,22)/t14-,16-/m1/s1. The number of benzene rings is 1. The largest absolute Gasteiger partial charge is 0.487 e. The fourth-order valence-electron chi connectivity index (χ4n) is 2.89. The predicted octanol–water partition coefficient (Wildman–Crippen LogP) is 4.05. The summed E-state index contributed by atoms with van der Waals surface area (Å²) in [4.78, 5) is 10.9. The Bertz CT molecular complexity index is 521. The molecule has 1 aliphatic rings. The second kappa shape index (κ2) is 9.14. The molecule has 0 aromatic heterocycles. The number of hydrogen-bond acceptors (Lipinski definition) is 3. The first-order chi connectivity index (χ1) is 11.1. The molecule has 0 aliphatic carbocycles. The van der Waals surface area contributed by atoms with E-state index in [0.29, 0.717) is 23.7 Å². The third kappa shape index (κ3) is 5.70. The average Bonchev–Trinajstić information content (AvgIpc) is 2.98. The molecule has 2 rings (SSSR count). The number of carboxylic acid groups (broad SMARTS) is 1. The van der Waals surface area contributed by atoms with Gasteiger partial charge in [0.15, 0.2) is 0 Å². The lowest BCUT2D eigenvalue weighted by molar-refractivity contribution is -0.139.